The second-order valence-corrected chi connectivity index (χ2v) is 5.07. The van der Waals surface area contributed by atoms with Crippen molar-refractivity contribution in [3.8, 4) is 5.75 Å². The Morgan fingerprint density at radius 3 is 2.55 bits per heavy atom. The molecule has 6 nitrogen and oxygen atoms in total. The molecular formula is C14H21N3O3. The average molecular weight is 279 g/mol. The maximum absolute atomic E-state index is 12.2. The van der Waals surface area contributed by atoms with E-state index in [2.05, 4.69) is 10.6 Å². The first kappa shape index (κ1) is 15.8. The molecule has 0 saturated heterocycles. The van der Waals surface area contributed by atoms with Gasteiger partial charge in [0.1, 0.15) is 11.3 Å². The van der Waals surface area contributed by atoms with Crippen molar-refractivity contribution in [1.29, 1.82) is 0 Å². The molecule has 6 heteroatoms. The third-order valence-electron chi connectivity index (χ3n) is 3.04. The third-order valence-corrected chi connectivity index (χ3v) is 3.04. The van der Waals surface area contributed by atoms with Gasteiger partial charge in [0, 0.05) is 19.3 Å². The van der Waals surface area contributed by atoms with Crippen LogP contribution in [0.25, 0.3) is 0 Å². The molecule has 0 aliphatic carbocycles. The van der Waals surface area contributed by atoms with E-state index in [1.54, 1.807) is 39.1 Å². The lowest BCUT2D eigenvalue weighted by atomic mass is 9.92. The highest BCUT2D eigenvalue weighted by Crippen LogP contribution is 2.24. The summed E-state index contributed by atoms with van der Waals surface area (Å²) in [6.45, 7) is 3.69. The number of nitrogens with two attached hydrogens (primary N) is 1. The predicted octanol–water partition coefficient (Wildman–Crippen LogP) is 0.779. The summed E-state index contributed by atoms with van der Waals surface area (Å²) < 4.78 is 5.13. The number of methoxy groups -OCH3 is 1. The fourth-order valence-corrected chi connectivity index (χ4v) is 1.77. The smallest absolute Gasteiger partial charge is 0.257 e. The summed E-state index contributed by atoms with van der Waals surface area (Å²) in [5, 5.41) is 5.27. The Labute approximate surface area is 118 Å². The number of anilines is 1. The molecule has 0 radical (unpaired) electrons. The molecule has 0 aliphatic rings. The molecule has 0 spiro atoms. The highest BCUT2D eigenvalue weighted by molar-refractivity contribution is 6.02. The molecule has 0 saturated carbocycles. The van der Waals surface area contributed by atoms with Gasteiger partial charge in [0.25, 0.3) is 5.91 Å². The van der Waals surface area contributed by atoms with Crippen LogP contribution in [0.4, 0.5) is 5.69 Å². The standard InChI is InChI=1S/C14H21N3O3/c1-14(2,13(19)16-3)8-17-12(18)11-9(15)6-5-7-10(11)20-4/h5-7H,8,15H2,1-4H3,(H,16,19)(H,17,18). The van der Waals surface area contributed by atoms with E-state index in [-0.39, 0.29) is 23.9 Å². The summed E-state index contributed by atoms with van der Waals surface area (Å²) >= 11 is 0. The number of nitrogen functional groups attached to an aromatic ring is 1. The van der Waals surface area contributed by atoms with Crippen molar-refractivity contribution in [1.82, 2.24) is 10.6 Å². The van der Waals surface area contributed by atoms with Gasteiger partial charge >= 0.3 is 0 Å². The zero-order valence-electron chi connectivity index (χ0n) is 12.2. The SMILES string of the molecule is CNC(=O)C(C)(C)CNC(=O)c1c(N)cccc1OC. The zero-order valence-corrected chi connectivity index (χ0v) is 12.2. The molecule has 0 atom stereocenters. The zero-order chi connectivity index (χ0) is 15.3. The highest BCUT2D eigenvalue weighted by Gasteiger charge is 2.28. The van der Waals surface area contributed by atoms with Gasteiger partial charge in [-0.2, -0.15) is 0 Å². The summed E-state index contributed by atoms with van der Waals surface area (Å²) in [4.78, 5) is 23.9. The second kappa shape index (κ2) is 6.27. The molecule has 1 aromatic rings. The molecule has 0 fully saturated rings. The molecule has 0 aliphatic heterocycles. The quantitative estimate of drug-likeness (QED) is 0.694. The van der Waals surface area contributed by atoms with Crippen molar-refractivity contribution in [3.05, 3.63) is 23.8 Å². The van der Waals surface area contributed by atoms with Gasteiger partial charge in [0.2, 0.25) is 5.91 Å². The van der Waals surface area contributed by atoms with E-state index in [4.69, 9.17) is 10.5 Å². The van der Waals surface area contributed by atoms with Crippen LogP contribution >= 0.6 is 0 Å². The Hall–Kier alpha value is -2.24. The van der Waals surface area contributed by atoms with E-state index < -0.39 is 5.41 Å². The van der Waals surface area contributed by atoms with Gasteiger partial charge < -0.3 is 21.1 Å². The van der Waals surface area contributed by atoms with Crippen molar-refractivity contribution in [2.75, 3.05) is 26.4 Å². The van der Waals surface area contributed by atoms with Crippen molar-refractivity contribution in [2.45, 2.75) is 13.8 Å². The summed E-state index contributed by atoms with van der Waals surface area (Å²) in [6, 6.07) is 5.00. The maximum Gasteiger partial charge on any atom is 0.257 e. The Kier molecular flexibility index (Phi) is 4.96. The lowest BCUT2D eigenvalue weighted by Gasteiger charge is -2.23. The fourth-order valence-electron chi connectivity index (χ4n) is 1.77. The number of ether oxygens (including phenoxy) is 1. The van der Waals surface area contributed by atoms with Gasteiger partial charge in [-0.15, -0.1) is 0 Å². The summed E-state index contributed by atoms with van der Waals surface area (Å²) in [6.07, 6.45) is 0. The first-order valence-electron chi connectivity index (χ1n) is 6.26. The lowest BCUT2D eigenvalue weighted by molar-refractivity contribution is -0.128. The molecule has 110 valence electrons. The average Bonchev–Trinajstić information content (AvgIpc) is 2.43. The molecule has 0 bridgehead atoms. The summed E-state index contributed by atoms with van der Waals surface area (Å²) in [5.74, 6) is -0.108. The number of benzene rings is 1. The number of carbonyl (C=O) groups is 2. The van der Waals surface area contributed by atoms with Gasteiger partial charge in [-0.3, -0.25) is 9.59 Å². The van der Waals surface area contributed by atoms with Gasteiger partial charge in [-0.25, -0.2) is 0 Å². The normalized spacial score (nSPS) is 10.8. The minimum atomic E-state index is -0.707. The molecular weight excluding hydrogens is 258 g/mol. The van der Waals surface area contributed by atoms with Crippen LogP contribution in [0, 0.1) is 5.41 Å². The van der Waals surface area contributed by atoms with Crippen LogP contribution in [-0.4, -0.2) is 32.5 Å². The van der Waals surface area contributed by atoms with Crippen molar-refractivity contribution >= 4 is 17.5 Å². The first-order valence-corrected chi connectivity index (χ1v) is 6.26. The van der Waals surface area contributed by atoms with Crippen LogP contribution in [0.1, 0.15) is 24.2 Å². The van der Waals surface area contributed by atoms with Crippen molar-refractivity contribution in [3.63, 3.8) is 0 Å². The first-order chi connectivity index (χ1) is 9.33. The summed E-state index contributed by atoms with van der Waals surface area (Å²) in [7, 11) is 3.03. The fraction of sp³-hybridized carbons (Fsp3) is 0.429. The summed E-state index contributed by atoms with van der Waals surface area (Å²) in [5.41, 5.74) is 5.71. The Morgan fingerprint density at radius 2 is 2.00 bits per heavy atom. The van der Waals surface area contributed by atoms with Crippen LogP contribution < -0.4 is 21.1 Å². The van der Waals surface area contributed by atoms with E-state index in [0.717, 1.165) is 0 Å². The number of nitrogens with one attached hydrogen (secondary N) is 2. The van der Waals surface area contributed by atoms with E-state index >= 15 is 0 Å². The number of hydrogen-bond acceptors (Lipinski definition) is 4. The van der Waals surface area contributed by atoms with Crippen molar-refractivity contribution in [2.24, 2.45) is 5.41 Å². The van der Waals surface area contributed by atoms with Gasteiger partial charge in [0.05, 0.1) is 12.5 Å². The highest BCUT2D eigenvalue weighted by atomic mass is 16.5. The Bertz CT molecular complexity index is 512. The second-order valence-electron chi connectivity index (χ2n) is 5.07. The van der Waals surface area contributed by atoms with Gasteiger partial charge in [-0.1, -0.05) is 6.07 Å². The minimum Gasteiger partial charge on any atom is -0.496 e. The van der Waals surface area contributed by atoms with E-state index in [9.17, 15) is 9.59 Å². The number of hydrogen-bond donors (Lipinski definition) is 3. The number of carbonyl (C=O) groups excluding carboxylic acids is 2. The topological polar surface area (TPSA) is 93.5 Å². The molecule has 20 heavy (non-hydrogen) atoms. The van der Waals surface area contributed by atoms with Crippen molar-refractivity contribution < 1.29 is 14.3 Å². The monoisotopic (exact) mass is 279 g/mol. The molecule has 1 aromatic carbocycles. The van der Waals surface area contributed by atoms with E-state index in [0.29, 0.717) is 11.4 Å². The predicted molar refractivity (Wildman–Crippen MR) is 77.6 cm³/mol. The van der Waals surface area contributed by atoms with Crippen LogP contribution in [0.2, 0.25) is 0 Å². The lowest BCUT2D eigenvalue weighted by Crippen LogP contribution is -2.43. The Morgan fingerprint density at radius 1 is 1.35 bits per heavy atom. The molecule has 1 rings (SSSR count). The van der Waals surface area contributed by atoms with Crippen LogP contribution in [0.15, 0.2) is 18.2 Å². The number of rotatable bonds is 5. The largest absolute Gasteiger partial charge is 0.496 e. The van der Waals surface area contributed by atoms with E-state index in [1.807, 2.05) is 0 Å². The Balaban J connectivity index is 2.86. The van der Waals surface area contributed by atoms with Crippen LogP contribution in [0.5, 0.6) is 5.75 Å². The molecule has 4 N–H and O–H groups in total. The third kappa shape index (κ3) is 3.40. The molecule has 0 aromatic heterocycles. The van der Waals surface area contributed by atoms with Crippen LogP contribution in [-0.2, 0) is 4.79 Å². The maximum atomic E-state index is 12.2. The van der Waals surface area contributed by atoms with Gasteiger partial charge in [0.15, 0.2) is 0 Å². The molecule has 0 heterocycles. The van der Waals surface area contributed by atoms with Crippen LogP contribution in [0.3, 0.4) is 0 Å². The van der Waals surface area contributed by atoms with E-state index in [1.165, 1.54) is 7.11 Å². The number of amides is 2. The van der Waals surface area contributed by atoms with Gasteiger partial charge in [-0.05, 0) is 26.0 Å². The molecule has 2 amide bonds. The minimum absolute atomic E-state index is 0.147. The molecule has 0 unspecified atom stereocenters.